The highest BCUT2D eigenvalue weighted by atomic mass is 16.6. The van der Waals surface area contributed by atoms with E-state index in [0.29, 0.717) is 13.2 Å². The lowest BCUT2D eigenvalue weighted by Gasteiger charge is -2.61. The van der Waals surface area contributed by atoms with E-state index in [2.05, 4.69) is 0 Å². The maximum absolute atomic E-state index is 13.2. The molecule has 2 amide bonds. The number of β-lactam (4-membered cyclic amide) rings is 1. The third-order valence-corrected chi connectivity index (χ3v) is 5.58. The van der Waals surface area contributed by atoms with Gasteiger partial charge in [-0.25, -0.2) is 4.79 Å². The zero-order valence-electron chi connectivity index (χ0n) is 17.1. The molecule has 0 saturated carbocycles. The van der Waals surface area contributed by atoms with Gasteiger partial charge in [0.05, 0.1) is 5.54 Å². The van der Waals surface area contributed by atoms with E-state index in [0.717, 1.165) is 5.56 Å². The van der Waals surface area contributed by atoms with E-state index >= 15 is 0 Å². The number of carbonyl (C=O) groups excluding carboxylic acids is 2. The van der Waals surface area contributed by atoms with Crippen LogP contribution < -0.4 is 0 Å². The molecule has 2 aliphatic rings. The minimum absolute atomic E-state index is 0.0507. The largest absolute Gasteiger partial charge is 0.444 e. The number of ether oxygens (including phenoxy) is 2. The average molecular weight is 374 g/mol. The summed E-state index contributed by atoms with van der Waals surface area (Å²) >= 11 is 0. The Labute approximate surface area is 161 Å². The fourth-order valence-electron chi connectivity index (χ4n) is 4.32. The second-order valence-electron chi connectivity index (χ2n) is 8.95. The molecule has 2 aliphatic heterocycles. The molecule has 3 rings (SSSR count). The highest BCUT2D eigenvalue weighted by molar-refractivity contribution is 5.96. The van der Waals surface area contributed by atoms with Crippen LogP contribution in [0.2, 0.25) is 0 Å². The number of hydrogen-bond acceptors (Lipinski definition) is 4. The van der Waals surface area contributed by atoms with Crippen molar-refractivity contribution in [2.45, 2.75) is 65.5 Å². The zero-order valence-corrected chi connectivity index (χ0v) is 17.1. The Bertz CT molecular complexity index is 725. The predicted octanol–water partition coefficient (Wildman–Crippen LogP) is 3.41. The van der Waals surface area contributed by atoms with Gasteiger partial charge in [-0.1, -0.05) is 51.1 Å². The minimum atomic E-state index is -1.05. The van der Waals surface area contributed by atoms with Crippen molar-refractivity contribution in [3.05, 3.63) is 35.9 Å². The van der Waals surface area contributed by atoms with E-state index < -0.39 is 28.8 Å². The van der Waals surface area contributed by atoms with E-state index in [-0.39, 0.29) is 12.5 Å². The predicted molar refractivity (Wildman–Crippen MR) is 102 cm³/mol. The van der Waals surface area contributed by atoms with Crippen LogP contribution in [-0.2, 0) is 20.9 Å². The highest BCUT2D eigenvalue weighted by Crippen LogP contribution is 2.54. The van der Waals surface area contributed by atoms with E-state index in [4.69, 9.17) is 9.47 Å². The van der Waals surface area contributed by atoms with Crippen molar-refractivity contribution in [2.24, 2.45) is 5.41 Å². The monoisotopic (exact) mass is 374 g/mol. The summed E-state index contributed by atoms with van der Waals surface area (Å²) in [4.78, 5) is 29.6. The first-order valence-corrected chi connectivity index (χ1v) is 9.51. The number of fused-ring (bicyclic) bond motifs is 1. The van der Waals surface area contributed by atoms with Crippen LogP contribution in [0.25, 0.3) is 0 Å². The Balaban J connectivity index is 1.87. The van der Waals surface area contributed by atoms with Crippen molar-refractivity contribution < 1.29 is 19.1 Å². The van der Waals surface area contributed by atoms with Gasteiger partial charge in [0.1, 0.15) is 12.8 Å². The molecule has 2 atom stereocenters. The van der Waals surface area contributed by atoms with Gasteiger partial charge in [0, 0.05) is 18.6 Å². The number of rotatable bonds is 4. The van der Waals surface area contributed by atoms with Crippen LogP contribution >= 0.6 is 0 Å². The summed E-state index contributed by atoms with van der Waals surface area (Å²) in [6.07, 6.45) is -0.872. The van der Waals surface area contributed by atoms with Crippen molar-refractivity contribution >= 4 is 12.0 Å². The lowest BCUT2D eigenvalue weighted by atomic mass is 9.67. The highest BCUT2D eigenvalue weighted by Gasteiger charge is 2.75. The van der Waals surface area contributed by atoms with Gasteiger partial charge in [-0.15, -0.1) is 0 Å². The minimum Gasteiger partial charge on any atom is -0.444 e. The maximum atomic E-state index is 13.2. The van der Waals surface area contributed by atoms with Crippen LogP contribution in [0.5, 0.6) is 0 Å². The summed E-state index contributed by atoms with van der Waals surface area (Å²) in [5, 5.41) is 0. The van der Waals surface area contributed by atoms with Gasteiger partial charge in [-0.2, -0.15) is 0 Å². The molecule has 0 bridgehead atoms. The molecule has 2 heterocycles. The van der Waals surface area contributed by atoms with Gasteiger partial charge in [0.2, 0.25) is 0 Å². The summed E-state index contributed by atoms with van der Waals surface area (Å²) in [5.41, 5.74) is -1.04. The summed E-state index contributed by atoms with van der Waals surface area (Å²) in [5.74, 6) is -0.0507. The molecule has 6 heteroatoms. The summed E-state index contributed by atoms with van der Waals surface area (Å²) < 4.78 is 11.6. The first-order chi connectivity index (χ1) is 12.6. The third-order valence-electron chi connectivity index (χ3n) is 5.58. The fraction of sp³-hybridized carbons (Fsp3) is 0.619. The lowest BCUT2D eigenvalue weighted by molar-refractivity contribution is -0.245. The Morgan fingerprint density at radius 2 is 1.85 bits per heavy atom. The molecule has 2 fully saturated rings. The second-order valence-corrected chi connectivity index (χ2v) is 8.95. The van der Waals surface area contributed by atoms with Crippen LogP contribution in [-0.4, -0.2) is 52.3 Å². The summed E-state index contributed by atoms with van der Waals surface area (Å²) in [6.45, 7) is 12.8. The molecule has 0 N–H and O–H groups in total. The number of nitrogens with zero attached hydrogens (tertiary/aromatic N) is 2. The Morgan fingerprint density at radius 1 is 1.22 bits per heavy atom. The van der Waals surface area contributed by atoms with Crippen molar-refractivity contribution in [3.63, 3.8) is 0 Å². The number of carbonyl (C=O) groups is 2. The first kappa shape index (κ1) is 19.7. The third kappa shape index (κ3) is 2.90. The number of amides is 2. The van der Waals surface area contributed by atoms with E-state index in [1.165, 1.54) is 0 Å². The Morgan fingerprint density at radius 3 is 2.41 bits per heavy atom. The quantitative estimate of drug-likeness (QED) is 0.758. The van der Waals surface area contributed by atoms with Crippen molar-refractivity contribution in [1.29, 1.82) is 0 Å². The fourth-order valence-corrected chi connectivity index (χ4v) is 4.32. The zero-order chi connectivity index (χ0) is 20.0. The average Bonchev–Trinajstić information content (AvgIpc) is 2.85. The van der Waals surface area contributed by atoms with Crippen LogP contribution in [0, 0.1) is 5.41 Å². The molecule has 0 spiro atoms. The number of benzene rings is 1. The molecule has 0 aromatic heterocycles. The molecule has 148 valence electrons. The van der Waals surface area contributed by atoms with E-state index in [9.17, 15) is 9.59 Å². The van der Waals surface area contributed by atoms with E-state index in [1.807, 2.05) is 71.9 Å². The van der Waals surface area contributed by atoms with Crippen molar-refractivity contribution in [1.82, 2.24) is 9.80 Å². The van der Waals surface area contributed by atoms with Gasteiger partial charge in [0.25, 0.3) is 5.91 Å². The van der Waals surface area contributed by atoms with Crippen molar-refractivity contribution in [2.75, 3.05) is 13.2 Å². The second kappa shape index (κ2) is 6.51. The molecule has 0 radical (unpaired) electrons. The maximum Gasteiger partial charge on any atom is 0.411 e. The SMILES string of the molecule is CCO[C@@]1(C(C)(C)C)C(=O)N2[C@@H]1N(C(=O)OCc1ccccc1)CC2(C)C. The lowest BCUT2D eigenvalue weighted by Crippen LogP contribution is -2.82. The van der Waals surface area contributed by atoms with Gasteiger partial charge in [-0.3, -0.25) is 9.69 Å². The Hall–Kier alpha value is -2.08. The van der Waals surface area contributed by atoms with Gasteiger partial charge >= 0.3 is 6.09 Å². The van der Waals surface area contributed by atoms with Crippen LogP contribution in [0.3, 0.4) is 0 Å². The van der Waals surface area contributed by atoms with E-state index in [1.54, 1.807) is 9.80 Å². The number of hydrogen-bond donors (Lipinski definition) is 0. The molecular formula is C21H30N2O4. The molecule has 1 aromatic carbocycles. The van der Waals surface area contributed by atoms with Gasteiger partial charge < -0.3 is 14.4 Å². The van der Waals surface area contributed by atoms with Crippen LogP contribution in [0.15, 0.2) is 30.3 Å². The van der Waals surface area contributed by atoms with Crippen molar-refractivity contribution in [3.8, 4) is 0 Å². The normalized spacial score (nSPS) is 26.6. The van der Waals surface area contributed by atoms with Crippen LogP contribution in [0.1, 0.15) is 47.1 Å². The van der Waals surface area contributed by atoms with Gasteiger partial charge in [0.15, 0.2) is 5.60 Å². The molecule has 0 aliphatic carbocycles. The summed E-state index contributed by atoms with van der Waals surface area (Å²) in [6, 6.07) is 9.58. The summed E-state index contributed by atoms with van der Waals surface area (Å²) in [7, 11) is 0. The molecule has 27 heavy (non-hydrogen) atoms. The molecular weight excluding hydrogens is 344 g/mol. The molecule has 2 saturated heterocycles. The molecule has 6 nitrogen and oxygen atoms in total. The topological polar surface area (TPSA) is 59.1 Å². The van der Waals surface area contributed by atoms with Gasteiger partial charge in [-0.05, 0) is 26.3 Å². The Kier molecular flexibility index (Phi) is 4.75. The first-order valence-electron chi connectivity index (χ1n) is 9.51. The molecule has 1 aromatic rings. The smallest absolute Gasteiger partial charge is 0.411 e. The molecule has 0 unspecified atom stereocenters. The standard InChI is InChI=1S/C21H30N2O4/c1-7-27-21(19(2,3)4)16-22(14-20(5,6)23(16)17(21)24)18(25)26-13-15-11-9-8-10-12-15/h8-12,16H,7,13-14H2,1-6H3/t16-,21+/m0/s1. The van der Waals surface area contributed by atoms with Crippen LogP contribution in [0.4, 0.5) is 4.79 Å².